The smallest absolute Gasteiger partial charge is 0.272 e. The third-order valence-corrected chi connectivity index (χ3v) is 7.61. The van der Waals surface area contributed by atoms with Gasteiger partial charge in [0.15, 0.2) is 23.0 Å². The van der Waals surface area contributed by atoms with Gasteiger partial charge in [0, 0.05) is 18.8 Å². The molecule has 0 aromatic heterocycles. The second-order valence-electron chi connectivity index (χ2n) is 10.2. The first-order valence-electron chi connectivity index (χ1n) is 13.8. The van der Waals surface area contributed by atoms with E-state index in [0.29, 0.717) is 47.4 Å². The number of nitrogens with zero attached hydrogens (tertiary/aromatic N) is 1. The molecule has 9 nitrogen and oxygen atoms in total. The first kappa shape index (κ1) is 28.3. The molecular weight excluding hydrogens is 524 g/mol. The van der Waals surface area contributed by atoms with Gasteiger partial charge in [0.05, 0.1) is 20.3 Å². The Morgan fingerprint density at radius 1 is 1.00 bits per heavy atom. The van der Waals surface area contributed by atoms with E-state index in [1.807, 2.05) is 44.2 Å². The van der Waals surface area contributed by atoms with Crippen molar-refractivity contribution < 1.29 is 33.3 Å². The molecule has 2 heterocycles. The van der Waals surface area contributed by atoms with Gasteiger partial charge in [-0.25, -0.2) is 0 Å². The van der Waals surface area contributed by atoms with Crippen molar-refractivity contribution in [2.75, 3.05) is 38.9 Å². The van der Waals surface area contributed by atoms with Gasteiger partial charge in [-0.15, -0.1) is 0 Å². The van der Waals surface area contributed by atoms with Crippen molar-refractivity contribution in [3.8, 4) is 23.0 Å². The minimum atomic E-state index is -1.05. The highest BCUT2D eigenvalue weighted by molar-refractivity contribution is 6.04. The fourth-order valence-electron chi connectivity index (χ4n) is 5.23. The predicted octanol–water partition coefficient (Wildman–Crippen LogP) is 4.53. The maximum atomic E-state index is 14.5. The van der Waals surface area contributed by atoms with E-state index in [4.69, 9.17) is 23.7 Å². The van der Waals surface area contributed by atoms with Gasteiger partial charge in [-0.3, -0.25) is 14.5 Å². The van der Waals surface area contributed by atoms with Crippen molar-refractivity contribution in [1.82, 2.24) is 5.32 Å². The Kier molecular flexibility index (Phi) is 8.64. The van der Waals surface area contributed by atoms with Gasteiger partial charge >= 0.3 is 0 Å². The Morgan fingerprint density at radius 3 is 2.51 bits per heavy atom. The summed E-state index contributed by atoms with van der Waals surface area (Å²) >= 11 is 0. The molecule has 3 aromatic rings. The lowest BCUT2D eigenvalue weighted by Crippen LogP contribution is -2.52. The van der Waals surface area contributed by atoms with Crippen LogP contribution in [0.5, 0.6) is 23.0 Å². The molecule has 2 amide bonds. The molecule has 2 aliphatic rings. The molecule has 9 heteroatoms. The maximum Gasteiger partial charge on any atom is 0.272 e. The minimum Gasteiger partial charge on any atom is -0.493 e. The molecule has 0 saturated carbocycles. The molecule has 3 aromatic carbocycles. The molecule has 1 saturated heterocycles. The van der Waals surface area contributed by atoms with E-state index < -0.39 is 18.1 Å². The zero-order chi connectivity index (χ0) is 28.9. The molecule has 3 atom stereocenters. The summed E-state index contributed by atoms with van der Waals surface area (Å²) in [6.45, 7) is 4.93. The highest BCUT2D eigenvalue weighted by Crippen LogP contribution is 2.38. The number of amides is 2. The first-order chi connectivity index (χ1) is 19.9. The van der Waals surface area contributed by atoms with Crippen LogP contribution in [0.25, 0.3) is 0 Å². The topological polar surface area (TPSA) is 95.6 Å². The highest BCUT2D eigenvalue weighted by Gasteiger charge is 2.40. The zero-order valence-corrected chi connectivity index (χ0v) is 23.8. The van der Waals surface area contributed by atoms with Gasteiger partial charge < -0.3 is 29.0 Å². The molecule has 0 radical (unpaired) electrons. The monoisotopic (exact) mass is 560 g/mol. The SMILES string of the molecule is COc1ccc(C(C(=O)NCC2CCCO2)N(C(=O)C2COc3ccccc3O2)c2cccc(C)c2C)cc1OC. The van der Waals surface area contributed by atoms with E-state index in [2.05, 4.69) is 5.32 Å². The summed E-state index contributed by atoms with van der Waals surface area (Å²) in [5.41, 5.74) is 3.01. The predicted molar refractivity (Wildman–Crippen MR) is 154 cm³/mol. The van der Waals surface area contributed by atoms with Crippen LogP contribution >= 0.6 is 0 Å². The average molecular weight is 561 g/mol. The third kappa shape index (κ3) is 5.95. The van der Waals surface area contributed by atoms with E-state index in [1.165, 1.54) is 12.0 Å². The number of ether oxygens (including phenoxy) is 5. The van der Waals surface area contributed by atoms with Crippen molar-refractivity contribution >= 4 is 17.5 Å². The normalized spacial score (nSPS) is 18.3. The standard InChI is InChI=1S/C32H36N2O7/c1-20-9-7-11-24(21(20)2)34(32(36)29-19-40-26-12-5-6-13-27(26)41-29)30(31(35)33-18-23-10-8-16-39-23)22-14-15-25(37-3)28(17-22)38-4/h5-7,9,11-15,17,23,29-30H,8,10,16,18-19H2,1-4H3,(H,33,35). The Morgan fingerprint density at radius 2 is 1.78 bits per heavy atom. The molecule has 216 valence electrons. The fraction of sp³-hybridized carbons (Fsp3) is 0.375. The Labute approximate surface area is 240 Å². The Balaban J connectivity index is 1.60. The molecule has 0 spiro atoms. The highest BCUT2D eigenvalue weighted by atomic mass is 16.6. The van der Waals surface area contributed by atoms with Crippen molar-refractivity contribution in [3.05, 3.63) is 77.4 Å². The van der Waals surface area contributed by atoms with Crippen molar-refractivity contribution in [2.24, 2.45) is 0 Å². The third-order valence-electron chi connectivity index (χ3n) is 7.61. The summed E-state index contributed by atoms with van der Waals surface area (Å²) in [5.74, 6) is 1.25. The van der Waals surface area contributed by atoms with Crippen LogP contribution in [-0.2, 0) is 14.3 Å². The second-order valence-corrected chi connectivity index (χ2v) is 10.2. The number of anilines is 1. The van der Waals surface area contributed by atoms with Crippen LogP contribution in [0.15, 0.2) is 60.7 Å². The van der Waals surface area contributed by atoms with Crippen LogP contribution in [0, 0.1) is 13.8 Å². The average Bonchev–Trinajstić information content (AvgIpc) is 3.53. The molecule has 41 heavy (non-hydrogen) atoms. The van der Waals surface area contributed by atoms with Gasteiger partial charge in [-0.2, -0.15) is 0 Å². The van der Waals surface area contributed by atoms with E-state index in [0.717, 1.165) is 24.0 Å². The summed E-state index contributed by atoms with van der Waals surface area (Å²) in [4.78, 5) is 30.2. The quantitative estimate of drug-likeness (QED) is 0.411. The Hall–Kier alpha value is -4.24. The lowest BCUT2D eigenvalue weighted by atomic mass is 9.99. The molecule has 0 aliphatic carbocycles. The maximum absolute atomic E-state index is 14.5. The molecular formula is C32H36N2O7. The first-order valence-corrected chi connectivity index (χ1v) is 13.8. The number of carbonyl (C=O) groups excluding carboxylic acids is 2. The van der Waals surface area contributed by atoms with E-state index in [1.54, 1.807) is 37.4 Å². The lowest BCUT2D eigenvalue weighted by Gasteiger charge is -2.36. The summed E-state index contributed by atoms with van der Waals surface area (Å²) in [7, 11) is 3.08. The van der Waals surface area contributed by atoms with Gasteiger partial charge in [-0.1, -0.05) is 30.3 Å². The zero-order valence-electron chi connectivity index (χ0n) is 23.8. The minimum absolute atomic E-state index is 0.00734. The van der Waals surface area contributed by atoms with Crippen LogP contribution < -0.4 is 29.2 Å². The van der Waals surface area contributed by atoms with E-state index in [-0.39, 0.29) is 18.6 Å². The molecule has 0 bridgehead atoms. The number of rotatable bonds is 9. The van der Waals surface area contributed by atoms with E-state index in [9.17, 15) is 9.59 Å². The summed E-state index contributed by atoms with van der Waals surface area (Å²) in [5, 5.41) is 3.05. The number of hydrogen-bond acceptors (Lipinski definition) is 7. The van der Waals surface area contributed by atoms with Crippen molar-refractivity contribution in [1.29, 1.82) is 0 Å². The number of fused-ring (bicyclic) bond motifs is 1. The van der Waals surface area contributed by atoms with Crippen LogP contribution in [0.2, 0.25) is 0 Å². The van der Waals surface area contributed by atoms with Crippen molar-refractivity contribution in [2.45, 2.75) is 44.9 Å². The number of carbonyl (C=O) groups is 2. The Bertz CT molecular complexity index is 1400. The summed E-state index contributed by atoms with van der Waals surface area (Å²) in [6, 6.07) is 17.1. The number of methoxy groups -OCH3 is 2. The van der Waals surface area contributed by atoms with Gasteiger partial charge in [0.2, 0.25) is 12.0 Å². The largest absolute Gasteiger partial charge is 0.493 e. The molecule has 1 fully saturated rings. The number of hydrogen-bond donors (Lipinski definition) is 1. The number of aryl methyl sites for hydroxylation is 1. The van der Waals surface area contributed by atoms with E-state index >= 15 is 0 Å². The molecule has 5 rings (SSSR count). The van der Waals surface area contributed by atoms with Gasteiger partial charge in [0.1, 0.15) is 12.6 Å². The fourth-order valence-corrected chi connectivity index (χ4v) is 5.23. The number of nitrogens with one attached hydrogen (secondary N) is 1. The van der Waals surface area contributed by atoms with Gasteiger partial charge in [-0.05, 0) is 73.7 Å². The summed E-state index contributed by atoms with van der Waals surface area (Å²) < 4.78 is 28.8. The van der Waals surface area contributed by atoms with Crippen LogP contribution in [-0.4, -0.2) is 58.0 Å². The summed E-state index contributed by atoms with van der Waals surface area (Å²) in [6.07, 6.45) is 0.778. The molecule has 1 N–H and O–H groups in total. The van der Waals surface area contributed by atoms with Crippen LogP contribution in [0.4, 0.5) is 5.69 Å². The van der Waals surface area contributed by atoms with Crippen LogP contribution in [0.3, 0.4) is 0 Å². The van der Waals surface area contributed by atoms with Crippen LogP contribution in [0.1, 0.15) is 35.6 Å². The van der Waals surface area contributed by atoms with Gasteiger partial charge in [0.25, 0.3) is 5.91 Å². The molecule has 2 aliphatic heterocycles. The number of benzene rings is 3. The van der Waals surface area contributed by atoms with Crippen molar-refractivity contribution in [3.63, 3.8) is 0 Å². The lowest BCUT2D eigenvalue weighted by molar-refractivity contribution is -0.131. The molecule has 3 unspecified atom stereocenters. The number of para-hydroxylation sites is 2. The second kappa shape index (κ2) is 12.5.